The number of hydrogen-bond acceptors (Lipinski definition) is 4. The van der Waals surface area contributed by atoms with Gasteiger partial charge in [-0.05, 0) is 38.0 Å². The molecule has 1 aromatic carbocycles. The number of aryl methyl sites for hydroxylation is 1. The lowest BCUT2D eigenvalue weighted by Gasteiger charge is -2.30. The molecule has 11 heteroatoms. The van der Waals surface area contributed by atoms with Gasteiger partial charge in [-0.3, -0.25) is 4.79 Å². The fourth-order valence-electron chi connectivity index (χ4n) is 3.17. The smallest absolute Gasteiger partial charge is 0.336 e. The first-order chi connectivity index (χ1) is 13.6. The molecule has 1 saturated heterocycles. The van der Waals surface area contributed by atoms with Crippen LogP contribution in [0.3, 0.4) is 0 Å². The minimum Gasteiger partial charge on any atom is -0.336 e. The number of rotatable bonds is 5. The molecule has 1 amide bonds. The van der Waals surface area contributed by atoms with Gasteiger partial charge < -0.3 is 9.88 Å². The standard InChI is InChI=1S/C18H21F3N4O3S/c1-2-24-11-16(22-12-24)29(27,28)25-8-4-5-13(10-25)17(26)23-15-7-3-6-14(9-15)18(19,20)21/h3,6-7,9,11-13H,2,4-5,8,10H2,1H3,(H,23,26)/t13-/m0/s1. The van der Waals surface area contributed by atoms with Crippen molar-refractivity contribution in [1.29, 1.82) is 0 Å². The Morgan fingerprint density at radius 2 is 2.10 bits per heavy atom. The van der Waals surface area contributed by atoms with E-state index in [4.69, 9.17) is 0 Å². The van der Waals surface area contributed by atoms with Crippen molar-refractivity contribution >= 4 is 21.6 Å². The Balaban J connectivity index is 1.71. The second-order valence-corrected chi connectivity index (χ2v) is 8.70. The van der Waals surface area contributed by atoms with Gasteiger partial charge in [0.2, 0.25) is 5.91 Å². The van der Waals surface area contributed by atoms with E-state index in [-0.39, 0.29) is 23.8 Å². The van der Waals surface area contributed by atoms with Crippen molar-refractivity contribution in [1.82, 2.24) is 13.9 Å². The molecule has 1 aliphatic heterocycles. The van der Waals surface area contributed by atoms with Crippen LogP contribution in [0.2, 0.25) is 0 Å². The Bertz CT molecular complexity index is 988. The number of carbonyl (C=O) groups excluding carboxylic acids is 1. The van der Waals surface area contributed by atoms with Gasteiger partial charge in [-0.25, -0.2) is 13.4 Å². The lowest BCUT2D eigenvalue weighted by Crippen LogP contribution is -2.43. The number of nitrogens with zero attached hydrogens (tertiary/aromatic N) is 3. The first-order valence-corrected chi connectivity index (χ1v) is 10.6. The largest absolute Gasteiger partial charge is 0.416 e. The van der Waals surface area contributed by atoms with Crippen LogP contribution in [0.4, 0.5) is 18.9 Å². The van der Waals surface area contributed by atoms with Gasteiger partial charge in [0, 0.05) is 31.5 Å². The van der Waals surface area contributed by atoms with Crippen LogP contribution >= 0.6 is 0 Å². The second-order valence-electron chi connectivity index (χ2n) is 6.81. The van der Waals surface area contributed by atoms with E-state index in [0.29, 0.717) is 19.4 Å². The number of aromatic nitrogens is 2. The van der Waals surface area contributed by atoms with Gasteiger partial charge in [0.1, 0.15) is 0 Å². The predicted molar refractivity (Wildman–Crippen MR) is 99.5 cm³/mol. The third-order valence-corrected chi connectivity index (χ3v) is 6.54. The molecule has 0 saturated carbocycles. The minimum absolute atomic E-state index is 0.0199. The summed E-state index contributed by atoms with van der Waals surface area (Å²) in [6, 6.07) is 4.34. The van der Waals surface area contributed by atoms with Crippen LogP contribution in [0.1, 0.15) is 25.3 Å². The molecule has 158 valence electrons. The molecule has 0 aliphatic carbocycles. The molecule has 0 spiro atoms. The molecule has 1 aromatic heterocycles. The highest BCUT2D eigenvalue weighted by molar-refractivity contribution is 7.89. The van der Waals surface area contributed by atoms with Crippen LogP contribution in [-0.4, -0.2) is 41.3 Å². The van der Waals surface area contributed by atoms with E-state index in [9.17, 15) is 26.4 Å². The third-order valence-electron chi connectivity index (χ3n) is 4.79. The predicted octanol–water partition coefficient (Wildman–Crippen LogP) is 2.96. The Kier molecular flexibility index (Phi) is 5.99. The van der Waals surface area contributed by atoms with Crippen molar-refractivity contribution in [2.75, 3.05) is 18.4 Å². The summed E-state index contributed by atoms with van der Waals surface area (Å²) >= 11 is 0. The number of anilines is 1. The molecule has 0 radical (unpaired) electrons. The molecule has 0 unspecified atom stereocenters. The maximum absolute atomic E-state index is 12.8. The Morgan fingerprint density at radius 3 is 2.76 bits per heavy atom. The summed E-state index contributed by atoms with van der Waals surface area (Å²) in [6.45, 7) is 2.64. The van der Waals surface area contributed by atoms with Crippen LogP contribution in [-0.2, 0) is 27.5 Å². The van der Waals surface area contributed by atoms with E-state index >= 15 is 0 Å². The number of benzene rings is 1. The second kappa shape index (κ2) is 8.15. The van der Waals surface area contributed by atoms with E-state index in [1.807, 2.05) is 6.92 Å². The zero-order chi connectivity index (χ0) is 21.2. The van der Waals surface area contributed by atoms with Crippen LogP contribution in [0.5, 0.6) is 0 Å². The van der Waals surface area contributed by atoms with Gasteiger partial charge in [-0.2, -0.15) is 17.5 Å². The summed E-state index contributed by atoms with van der Waals surface area (Å²) in [5, 5.41) is 2.38. The molecule has 1 atom stereocenters. The van der Waals surface area contributed by atoms with Crippen LogP contribution in [0.15, 0.2) is 41.8 Å². The molecule has 29 heavy (non-hydrogen) atoms. The van der Waals surface area contributed by atoms with E-state index in [0.717, 1.165) is 12.1 Å². The van der Waals surface area contributed by atoms with Gasteiger partial charge in [0.15, 0.2) is 5.03 Å². The maximum atomic E-state index is 12.8. The Morgan fingerprint density at radius 1 is 1.34 bits per heavy atom. The monoisotopic (exact) mass is 430 g/mol. The van der Waals surface area contributed by atoms with Crippen LogP contribution in [0, 0.1) is 5.92 Å². The Hall–Kier alpha value is -2.40. The first-order valence-electron chi connectivity index (χ1n) is 9.11. The highest BCUT2D eigenvalue weighted by atomic mass is 32.2. The number of nitrogens with one attached hydrogen (secondary N) is 1. The summed E-state index contributed by atoms with van der Waals surface area (Å²) < 4.78 is 66.9. The van der Waals surface area contributed by atoms with Gasteiger partial charge in [0.25, 0.3) is 10.0 Å². The van der Waals surface area contributed by atoms with Crippen molar-refractivity contribution in [2.24, 2.45) is 5.92 Å². The van der Waals surface area contributed by atoms with Gasteiger partial charge in [-0.1, -0.05) is 6.07 Å². The highest BCUT2D eigenvalue weighted by Gasteiger charge is 2.35. The number of carbonyl (C=O) groups is 1. The fourth-order valence-corrected chi connectivity index (χ4v) is 4.63. The van der Waals surface area contributed by atoms with Gasteiger partial charge >= 0.3 is 6.18 Å². The highest BCUT2D eigenvalue weighted by Crippen LogP contribution is 2.31. The average molecular weight is 430 g/mol. The summed E-state index contributed by atoms with van der Waals surface area (Å²) in [6.07, 6.45) is -0.747. The zero-order valence-electron chi connectivity index (χ0n) is 15.7. The van der Waals surface area contributed by atoms with Crippen molar-refractivity contribution in [3.05, 3.63) is 42.4 Å². The van der Waals surface area contributed by atoms with Crippen molar-refractivity contribution in [3.63, 3.8) is 0 Å². The minimum atomic E-state index is -4.52. The number of hydrogen-bond donors (Lipinski definition) is 1. The fraction of sp³-hybridized carbons (Fsp3) is 0.444. The number of piperidine rings is 1. The molecule has 7 nitrogen and oxygen atoms in total. The average Bonchev–Trinajstić information content (AvgIpc) is 3.18. The normalized spacial score (nSPS) is 18.6. The first kappa shape index (κ1) is 21.3. The number of halogens is 3. The number of imidazole rings is 1. The van der Waals surface area contributed by atoms with Crippen LogP contribution in [0.25, 0.3) is 0 Å². The molecule has 3 rings (SSSR count). The Labute approximate surface area is 166 Å². The SMILES string of the molecule is CCn1cnc(S(=O)(=O)N2CCC[C@H](C(=O)Nc3cccc(C(F)(F)F)c3)C2)c1. The van der Waals surface area contributed by atoms with Crippen molar-refractivity contribution in [2.45, 2.75) is 37.5 Å². The number of sulfonamides is 1. The van der Waals surface area contributed by atoms with E-state index in [1.54, 1.807) is 4.57 Å². The quantitative estimate of drug-likeness (QED) is 0.791. The number of amides is 1. The molecule has 2 aromatic rings. The molecule has 1 aliphatic rings. The molecule has 1 N–H and O–H groups in total. The lowest BCUT2D eigenvalue weighted by atomic mass is 9.98. The van der Waals surface area contributed by atoms with E-state index in [2.05, 4.69) is 10.3 Å². The summed E-state index contributed by atoms with van der Waals surface area (Å²) in [7, 11) is -3.84. The maximum Gasteiger partial charge on any atom is 0.416 e. The van der Waals surface area contributed by atoms with E-state index in [1.165, 1.54) is 29.0 Å². The van der Waals surface area contributed by atoms with Gasteiger partial charge in [0.05, 0.1) is 17.8 Å². The topological polar surface area (TPSA) is 84.3 Å². The molecule has 1 fully saturated rings. The summed E-state index contributed by atoms with van der Waals surface area (Å²) in [5.74, 6) is -1.18. The van der Waals surface area contributed by atoms with Crippen molar-refractivity contribution in [3.8, 4) is 0 Å². The van der Waals surface area contributed by atoms with Gasteiger partial charge in [-0.15, -0.1) is 0 Å². The summed E-state index contributed by atoms with van der Waals surface area (Å²) in [5.41, 5.74) is -0.846. The number of alkyl halides is 3. The van der Waals surface area contributed by atoms with E-state index < -0.39 is 33.6 Å². The van der Waals surface area contributed by atoms with Crippen LogP contribution < -0.4 is 5.32 Å². The molecular weight excluding hydrogens is 409 g/mol. The zero-order valence-corrected chi connectivity index (χ0v) is 16.5. The molecular formula is C18H21F3N4O3S. The summed E-state index contributed by atoms with van der Waals surface area (Å²) in [4.78, 5) is 16.5. The molecule has 0 bridgehead atoms. The van der Waals surface area contributed by atoms with Crippen molar-refractivity contribution < 1.29 is 26.4 Å². The lowest BCUT2D eigenvalue weighted by molar-refractivity contribution is -0.137. The third kappa shape index (κ3) is 4.78. The molecule has 2 heterocycles.